The maximum absolute atomic E-state index is 11.9. The summed E-state index contributed by atoms with van der Waals surface area (Å²) in [5.41, 5.74) is 0. The van der Waals surface area contributed by atoms with E-state index in [-0.39, 0.29) is 18.5 Å². The predicted octanol–water partition coefficient (Wildman–Crippen LogP) is 2.00. The summed E-state index contributed by atoms with van der Waals surface area (Å²) in [6, 6.07) is 0. The van der Waals surface area contributed by atoms with Gasteiger partial charge in [0.25, 0.3) is 0 Å². The van der Waals surface area contributed by atoms with Gasteiger partial charge in [-0.15, -0.1) is 0 Å². The van der Waals surface area contributed by atoms with E-state index in [2.05, 4.69) is 0 Å². The Morgan fingerprint density at radius 3 is 3.06 bits per heavy atom. The quantitative estimate of drug-likeness (QED) is 0.422. The largest absolute Gasteiger partial charge is 0.476 e. The molecule has 2 rings (SSSR count). The highest BCUT2D eigenvalue weighted by atomic mass is 31.2. The maximum Gasteiger partial charge on any atom is 0.476 e. The van der Waals surface area contributed by atoms with Gasteiger partial charge >= 0.3 is 7.82 Å². The summed E-state index contributed by atoms with van der Waals surface area (Å²) >= 11 is 0. The van der Waals surface area contributed by atoms with Crippen LogP contribution in [0.15, 0.2) is 24.3 Å². The molecule has 88 valence electrons. The fourth-order valence-corrected chi connectivity index (χ4v) is 2.96. The van der Waals surface area contributed by atoms with Gasteiger partial charge in [-0.2, -0.15) is 0 Å². The van der Waals surface area contributed by atoms with E-state index in [1.807, 2.05) is 0 Å². The molecule has 0 aromatic carbocycles. The average Bonchev–Trinajstić information content (AvgIpc) is 2.33. The van der Waals surface area contributed by atoms with Crippen molar-refractivity contribution in [1.82, 2.24) is 0 Å². The molecule has 0 N–H and O–H groups in total. The minimum atomic E-state index is -3.45. The summed E-state index contributed by atoms with van der Waals surface area (Å²) in [6.45, 7) is 1.66. The zero-order valence-corrected chi connectivity index (χ0v) is 9.76. The Morgan fingerprint density at radius 2 is 2.31 bits per heavy atom. The number of phosphoric acid groups is 1. The van der Waals surface area contributed by atoms with Gasteiger partial charge in [0.15, 0.2) is 5.78 Å². The predicted molar refractivity (Wildman–Crippen MR) is 56.9 cm³/mol. The third-order valence-electron chi connectivity index (χ3n) is 2.22. The molecule has 0 aromatic rings. The molecular weight excluding hydrogens is 231 g/mol. The Kier molecular flexibility index (Phi) is 3.40. The first-order chi connectivity index (χ1) is 7.57. The summed E-state index contributed by atoms with van der Waals surface area (Å²) in [7, 11) is -3.45. The van der Waals surface area contributed by atoms with Crippen LogP contribution in [0.25, 0.3) is 0 Å². The van der Waals surface area contributed by atoms with E-state index in [0.29, 0.717) is 6.42 Å². The zero-order valence-electron chi connectivity index (χ0n) is 8.87. The van der Waals surface area contributed by atoms with Gasteiger partial charge in [0, 0.05) is 6.42 Å². The fourth-order valence-electron chi connectivity index (χ4n) is 1.54. The van der Waals surface area contributed by atoms with Crippen molar-refractivity contribution in [1.29, 1.82) is 0 Å². The smallest absolute Gasteiger partial charge is 0.295 e. The monoisotopic (exact) mass is 244 g/mol. The Labute approximate surface area is 93.7 Å². The van der Waals surface area contributed by atoms with Crippen LogP contribution >= 0.6 is 7.82 Å². The molecule has 0 saturated carbocycles. The normalized spacial score (nSPS) is 38.6. The van der Waals surface area contributed by atoms with E-state index in [9.17, 15) is 9.36 Å². The number of fused-ring (bicyclic) bond motifs is 2. The first-order valence-electron chi connectivity index (χ1n) is 5.04. The Balaban J connectivity index is 2.11. The topological polar surface area (TPSA) is 61.8 Å². The lowest BCUT2D eigenvalue weighted by Gasteiger charge is -2.29. The molecule has 5 nitrogen and oxygen atoms in total. The molecule has 3 atom stereocenters. The van der Waals surface area contributed by atoms with Crippen LogP contribution in [0.3, 0.4) is 0 Å². The molecule has 2 aliphatic heterocycles. The van der Waals surface area contributed by atoms with Gasteiger partial charge in [0.05, 0.1) is 18.8 Å². The van der Waals surface area contributed by atoms with Crippen molar-refractivity contribution in [3.8, 4) is 0 Å². The lowest BCUT2D eigenvalue weighted by molar-refractivity contribution is -0.112. The van der Waals surface area contributed by atoms with Crippen LogP contribution in [-0.2, 0) is 22.9 Å². The van der Waals surface area contributed by atoms with Gasteiger partial charge in [-0.3, -0.25) is 18.4 Å². The van der Waals surface area contributed by atoms with Crippen LogP contribution in [0, 0.1) is 0 Å². The lowest BCUT2D eigenvalue weighted by atomic mass is 10.1. The number of hydrogen-bond acceptors (Lipinski definition) is 5. The van der Waals surface area contributed by atoms with E-state index in [0.717, 1.165) is 0 Å². The molecule has 2 bridgehead atoms. The van der Waals surface area contributed by atoms with Crippen molar-refractivity contribution in [2.24, 2.45) is 0 Å². The molecule has 0 aliphatic carbocycles. The van der Waals surface area contributed by atoms with Crippen molar-refractivity contribution < 1.29 is 22.9 Å². The average molecular weight is 244 g/mol. The van der Waals surface area contributed by atoms with E-state index in [4.69, 9.17) is 13.6 Å². The number of carbonyl (C=O) groups excluding carboxylic acids is 1. The molecule has 6 heteroatoms. The molecule has 0 radical (unpaired) electrons. The lowest BCUT2D eigenvalue weighted by Crippen LogP contribution is -2.25. The minimum absolute atomic E-state index is 0.0761. The molecule has 0 amide bonds. The zero-order chi connectivity index (χ0) is 11.6. The van der Waals surface area contributed by atoms with Crippen LogP contribution in [0.5, 0.6) is 0 Å². The number of rotatable bonds is 2. The second kappa shape index (κ2) is 4.63. The second-order valence-electron chi connectivity index (χ2n) is 3.66. The molecule has 16 heavy (non-hydrogen) atoms. The molecular formula is C10H13O5P. The Hall–Kier alpha value is -0.740. The minimum Gasteiger partial charge on any atom is -0.295 e. The van der Waals surface area contributed by atoms with Gasteiger partial charge in [-0.1, -0.05) is 18.2 Å². The summed E-state index contributed by atoms with van der Waals surface area (Å²) in [6.07, 6.45) is 6.40. The van der Waals surface area contributed by atoms with Crippen LogP contribution in [0.4, 0.5) is 0 Å². The van der Waals surface area contributed by atoms with E-state index in [1.165, 1.54) is 13.0 Å². The molecule has 2 heterocycles. The van der Waals surface area contributed by atoms with Gasteiger partial charge in [0.1, 0.15) is 0 Å². The third-order valence-corrected chi connectivity index (χ3v) is 3.74. The Morgan fingerprint density at radius 1 is 1.50 bits per heavy atom. The van der Waals surface area contributed by atoms with Crippen molar-refractivity contribution in [2.45, 2.75) is 25.6 Å². The molecule has 0 aromatic heterocycles. The molecule has 0 spiro atoms. The molecule has 1 saturated heterocycles. The molecule has 1 fully saturated rings. The van der Waals surface area contributed by atoms with Crippen LogP contribution in [-0.4, -0.2) is 24.6 Å². The highest BCUT2D eigenvalue weighted by molar-refractivity contribution is 7.48. The number of phosphoric ester groups is 1. The van der Waals surface area contributed by atoms with Gasteiger partial charge in [0.2, 0.25) is 0 Å². The number of ketones is 1. The highest BCUT2D eigenvalue weighted by Crippen LogP contribution is 2.56. The summed E-state index contributed by atoms with van der Waals surface area (Å²) in [5, 5.41) is 0. The highest BCUT2D eigenvalue weighted by Gasteiger charge is 2.39. The van der Waals surface area contributed by atoms with Crippen molar-refractivity contribution >= 4 is 13.6 Å². The maximum atomic E-state index is 11.9. The number of allylic oxidation sites excluding steroid dienone is 1. The van der Waals surface area contributed by atoms with Crippen LogP contribution in [0.2, 0.25) is 0 Å². The second-order valence-corrected chi connectivity index (χ2v) is 5.24. The van der Waals surface area contributed by atoms with Crippen LogP contribution < -0.4 is 0 Å². The standard InChI is InChI=1S/C10H13O5P/c1-8(11)4-5-10-7-9-3-2-6-13-16(12,14-9)15-10/h2-5,9-10H,6-7H2,1H3/b5-4+/t9-,10-,16?/m0/s1. The summed E-state index contributed by atoms with van der Waals surface area (Å²) in [5.74, 6) is -0.0761. The van der Waals surface area contributed by atoms with E-state index >= 15 is 0 Å². The first kappa shape index (κ1) is 11.7. The van der Waals surface area contributed by atoms with E-state index in [1.54, 1.807) is 18.2 Å². The third kappa shape index (κ3) is 2.89. The Bertz CT molecular complexity index is 387. The number of carbonyl (C=O) groups is 1. The fraction of sp³-hybridized carbons (Fsp3) is 0.500. The summed E-state index contributed by atoms with van der Waals surface area (Å²) < 4.78 is 27.3. The SMILES string of the molecule is CC(=O)/C=C/[C@H]1C[C@@H]2C=CCOP(=O)(O2)O1. The van der Waals surface area contributed by atoms with E-state index < -0.39 is 13.9 Å². The first-order valence-corrected chi connectivity index (χ1v) is 6.50. The van der Waals surface area contributed by atoms with Crippen molar-refractivity contribution in [3.05, 3.63) is 24.3 Å². The molecule has 2 aliphatic rings. The van der Waals surface area contributed by atoms with Gasteiger partial charge < -0.3 is 0 Å². The number of hydrogen-bond donors (Lipinski definition) is 0. The van der Waals surface area contributed by atoms with Crippen molar-refractivity contribution in [2.75, 3.05) is 6.61 Å². The molecule has 1 unspecified atom stereocenters. The van der Waals surface area contributed by atoms with Gasteiger partial charge in [-0.25, -0.2) is 4.57 Å². The van der Waals surface area contributed by atoms with Crippen molar-refractivity contribution in [3.63, 3.8) is 0 Å². The summed E-state index contributed by atoms with van der Waals surface area (Å²) in [4.78, 5) is 10.8. The van der Waals surface area contributed by atoms with Gasteiger partial charge in [-0.05, 0) is 13.0 Å². The van der Waals surface area contributed by atoms with Crippen LogP contribution in [0.1, 0.15) is 13.3 Å².